The average molecular weight is 295 g/mol. The molecule has 0 saturated carbocycles. The van der Waals surface area contributed by atoms with Gasteiger partial charge in [-0.25, -0.2) is 4.79 Å². The number of allylic oxidation sites excluding steroid dienone is 2. The second-order valence-electron chi connectivity index (χ2n) is 4.04. The first-order valence-corrected chi connectivity index (χ1v) is 6.66. The van der Waals surface area contributed by atoms with E-state index in [1.54, 1.807) is 6.07 Å². The number of rotatable bonds is 3. The molecule has 0 unspecified atom stereocenters. The van der Waals surface area contributed by atoms with E-state index in [-0.39, 0.29) is 5.97 Å². The summed E-state index contributed by atoms with van der Waals surface area (Å²) < 4.78 is 6.27. The van der Waals surface area contributed by atoms with Crippen molar-refractivity contribution in [1.82, 2.24) is 0 Å². The lowest BCUT2D eigenvalue weighted by Crippen LogP contribution is -2.04. The molecule has 0 spiro atoms. The molecule has 90 valence electrons. The minimum atomic E-state index is -0.246. The van der Waals surface area contributed by atoms with E-state index in [4.69, 9.17) is 4.74 Å². The van der Waals surface area contributed by atoms with E-state index in [0.29, 0.717) is 12.2 Å². The van der Waals surface area contributed by atoms with E-state index < -0.39 is 0 Å². The molecular weight excluding hydrogens is 280 g/mol. The number of ether oxygens (including phenoxy) is 1. The molecule has 0 saturated heterocycles. The Morgan fingerprint density at radius 3 is 2.88 bits per heavy atom. The van der Waals surface area contributed by atoms with Crippen LogP contribution < -0.4 is 0 Å². The standard InChI is InChI=1S/C14H15BrO2/c1-2-17-14(16)11-6-3-5-10(9-11)12-7-4-8-13(12)15/h3,5-6,9H,2,4,7-8H2,1H3. The van der Waals surface area contributed by atoms with Crippen molar-refractivity contribution >= 4 is 27.5 Å². The summed E-state index contributed by atoms with van der Waals surface area (Å²) in [5, 5.41) is 0. The van der Waals surface area contributed by atoms with Crippen LogP contribution in [-0.2, 0) is 4.74 Å². The third-order valence-corrected chi connectivity index (χ3v) is 3.75. The normalized spacial score (nSPS) is 15.2. The van der Waals surface area contributed by atoms with E-state index in [1.807, 2.05) is 25.1 Å². The minimum absolute atomic E-state index is 0.246. The molecule has 1 aromatic carbocycles. The van der Waals surface area contributed by atoms with Gasteiger partial charge in [0.1, 0.15) is 0 Å². The van der Waals surface area contributed by atoms with E-state index in [0.717, 1.165) is 18.4 Å². The van der Waals surface area contributed by atoms with Crippen LogP contribution in [0.25, 0.3) is 5.57 Å². The van der Waals surface area contributed by atoms with Crippen LogP contribution in [0.5, 0.6) is 0 Å². The molecule has 0 amide bonds. The van der Waals surface area contributed by atoms with Crippen molar-refractivity contribution in [2.75, 3.05) is 6.61 Å². The van der Waals surface area contributed by atoms with Gasteiger partial charge in [-0.15, -0.1) is 0 Å². The van der Waals surface area contributed by atoms with Crippen LogP contribution >= 0.6 is 15.9 Å². The lowest BCUT2D eigenvalue weighted by atomic mass is 10.0. The Balaban J connectivity index is 2.29. The number of hydrogen-bond acceptors (Lipinski definition) is 2. The molecule has 0 bridgehead atoms. The van der Waals surface area contributed by atoms with Crippen molar-refractivity contribution in [3.05, 3.63) is 39.9 Å². The Labute approximate surface area is 110 Å². The topological polar surface area (TPSA) is 26.3 Å². The number of halogens is 1. The van der Waals surface area contributed by atoms with E-state index in [9.17, 15) is 4.79 Å². The van der Waals surface area contributed by atoms with Gasteiger partial charge in [-0.2, -0.15) is 0 Å². The highest BCUT2D eigenvalue weighted by Crippen LogP contribution is 2.37. The van der Waals surface area contributed by atoms with E-state index in [2.05, 4.69) is 15.9 Å². The first-order valence-electron chi connectivity index (χ1n) is 5.87. The average Bonchev–Trinajstić information content (AvgIpc) is 2.76. The number of carbonyl (C=O) groups is 1. The molecule has 0 heterocycles. The van der Waals surface area contributed by atoms with Gasteiger partial charge in [0.2, 0.25) is 0 Å². The van der Waals surface area contributed by atoms with Crippen LogP contribution in [0.1, 0.15) is 42.1 Å². The van der Waals surface area contributed by atoms with Crippen LogP contribution in [-0.4, -0.2) is 12.6 Å². The summed E-state index contributed by atoms with van der Waals surface area (Å²) in [5.74, 6) is -0.246. The highest BCUT2D eigenvalue weighted by Gasteiger charge is 2.15. The fourth-order valence-electron chi connectivity index (χ4n) is 2.06. The molecule has 0 radical (unpaired) electrons. The Morgan fingerprint density at radius 1 is 1.41 bits per heavy atom. The van der Waals surface area contributed by atoms with Crippen LogP contribution in [0.2, 0.25) is 0 Å². The Kier molecular flexibility index (Phi) is 4.00. The number of carbonyl (C=O) groups excluding carboxylic acids is 1. The molecule has 1 aliphatic rings. The number of esters is 1. The van der Waals surface area contributed by atoms with Gasteiger partial charge < -0.3 is 4.74 Å². The van der Waals surface area contributed by atoms with Gasteiger partial charge >= 0.3 is 5.97 Å². The Bertz CT molecular complexity index is 463. The molecule has 0 N–H and O–H groups in total. The first-order chi connectivity index (χ1) is 8.22. The summed E-state index contributed by atoms with van der Waals surface area (Å²) in [7, 11) is 0. The summed E-state index contributed by atoms with van der Waals surface area (Å²) in [6, 6.07) is 7.67. The zero-order chi connectivity index (χ0) is 12.3. The third kappa shape index (κ3) is 2.78. The minimum Gasteiger partial charge on any atom is -0.462 e. The smallest absolute Gasteiger partial charge is 0.338 e. The number of hydrogen-bond donors (Lipinski definition) is 0. The van der Waals surface area contributed by atoms with Gasteiger partial charge in [0.15, 0.2) is 0 Å². The van der Waals surface area contributed by atoms with E-state index in [1.165, 1.54) is 16.5 Å². The van der Waals surface area contributed by atoms with Crippen LogP contribution in [0.4, 0.5) is 0 Å². The highest BCUT2D eigenvalue weighted by molar-refractivity contribution is 9.11. The highest BCUT2D eigenvalue weighted by atomic mass is 79.9. The van der Waals surface area contributed by atoms with Gasteiger partial charge in [0.25, 0.3) is 0 Å². The van der Waals surface area contributed by atoms with E-state index >= 15 is 0 Å². The van der Waals surface area contributed by atoms with Gasteiger partial charge in [-0.05, 0) is 53.9 Å². The molecule has 0 atom stereocenters. The molecule has 1 aliphatic carbocycles. The van der Waals surface area contributed by atoms with Crippen molar-refractivity contribution in [3.8, 4) is 0 Å². The second-order valence-corrected chi connectivity index (χ2v) is 5.00. The van der Waals surface area contributed by atoms with Crippen LogP contribution in [0, 0.1) is 0 Å². The quantitative estimate of drug-likeness (QED) is 0.783. The number of benzene rings is 1. The molecule has 2 nitrogen and oxygen atoms in total. The lowest BCUT2D eigenvalue weighted by Gasteiger charge is -2.06. The summed E-state index contributed by atoms with van der Waals surface area (Å²) in [5.41, 5.74) is 3.07. The molecule has 0 aromatic heterocycles. The Hall–Kier alpha value is -1.09. The zero-order valence-corrected chi connectivity index (χ0v) is 11.4. The molecular formula is C14H15BrO2. The van der Waals surface area contributed by atoms with Crippen molar-refractivity contribution in [1.29, 1.82) is 0 Å². The summed E-state index contributed by atoms with van der Waals surface area (Å²) in [6.45, 7) is 2.23. The largest absolute Gasteiger partial charge is 0.462 e. The summed E-state index contributed by atoms with van der Waals surface area (Å²) >= 11 is 3.60. The molecule has 0 aliphatic heterocycles. The molecule has 2 rings (SSSR count). The first kappa shape index (κ1) is 12.4. The maximum absolute atomic E-state index is 11.6. The summed E-state index contributed by atoms with van der Waals surface area (Å²) in [6.07, 6.45) is 3.35. The lowest BCUT2D eigenvalue weighted by molar-refractivity contribution is 0.0526. The zero-order valence-electron chi connectivity index (χ0n) is 9.83. The Morgan fingerprint density at radius 2 is 2.24 bits per heavy atom. The van der Waals surface area contributed by atoms with Crippen molar-refractivity contribution < 1.29 is 9.53 Å². The fraction of sp³-hybridized carbons (Fsp3) is 0.357. The maximum atomic E-state index is 11.6. The fourth-order valence-corrected chi connectivity index (χ4v) is 2.76. The van der Waals surface area contributed by atoms with Gasteiger partial charge in [-0.3, -0.25) is 0 Å². The van der Waals surface area contributed by atoms with Crippen molar-refractivity contribution in [2.45, 2.75) is 26.2 Å². The third-order valence-electron chi connectivity index (χ3n) is 2.87. The molecule has 0 fully saturated rings. The molecule has 1 aromatic rings. The van der Waals surface area contributed by atoms with Gasteiger partial charge in [0, 0.05) is 0 Å². The van der Waals surface area contributed by atoms with Crippen molar-refractivity contribution in [3.63, 3.8) is 0 Å². The molecule has 3 heteroatoms. The van der Waals surface area contributed by atoms with Crippen LogP contribution in [0.3, 0.4) is 0 Å². The summed E-state index contributed by atoms with van der Waals surface area (Å²) in [4.78, 5) is 11.6. The van der Waals surface area contributed by atoms with Gasteiger partial charge in [-0.1, -0.05) is 28.1 Å². The predicted molar refractivity (Wildman–Crippen MR) is 72.1 cm³/mol. The second kappa shape index (κ2) is 5.50. The van der Waals surface area contributed by atoms with Gasteiger partial charge in [0.05, 0.1) is 12.2 Å². The monoisotopic (exact) mass is 294 g/mol. The van der Waals surface area contributed by atoms with Crippen molar-refractivity contribution in [2.24, 2.45) is 0 Å². The van der Waals surface area contributed by atoms with Crippen LogP contribution in [0.15, 0.2) is 28.7 Å². The maximum Gasteiger partial charge on any atom is 0.338 e. The molecule has 17 heavy (non-hydrogen) atoms. The SMILES string of the molecule is CCOC(=O)c1cccc(C2=C(Br)CCC2)c1. The predicted octanol–water partition coefficient (Wildman–Crippen LogP) is 4.15.